The summed E-state index contributed by atoms with van der Waals surface area (Å²) in [5.41, 5.74) is 15.3. The summed E-state index contributed by atoms with van der Waals surface area (Å²) in [5, 5.41) is 0. The van der Waals surface area contributed by atoms with Crippen LogP contribution in [0.15, 0.2) is 218 Å². The lowest BCUT2D eigenvalue weighted by molar-refractivity contribution is 0.761. The molecule has 0 atom stereocenters. The van der Waals surface area contributed by atoms with E-state index in [2.05, 4.69) is 199 Å². The Hall–Kier alpha value is -7.89. The molecule has 0 amide bonds. The molecule has 0 unspecified atom stereocenters. The first-order chi connectivity index (χ1) is 29.7. The fourth-order valence-corrected chi connectivity index (χ4v) is 9.45. The third-order valence-electron chi connectivity index (χ3n) is 12.0. The van der Waals surface area contributed by atoms with E-state index >= 15 is 0 Å². The predicted octanol–water partition coefficient (Wildman–Crippen LogP) is 13.5. The van der Waals surface area contributed by atoms with Crippen molar-refractivity contribution >= 4 is 34.1 Å². The zero-order chi connectivity index (χ0) is 40.2. The van der Waals surface area contributed by atoms with Crippen molar-refractivity contribution < 1.29 is 0 Å². The van der Waals surface area contributed by atoms with E-state index in [-0.39, 0.29) is 0 Å². The standard InChI is InChI=1S/C55H39N5/c1-3-20-45-41(4-2)42-34-33-38(35-46(42)55(45,39-23-10-6-11-24-39)40-25-12-7-13-26-40)48-36-52(58-53(56-48)37-21-8-5-9-22-37)60-50-31-18-15-28-44(50)43-27-14-17-30-49(43)59-51-32-19-16-29-47(51)57-54(59)60/h3-36H,2H2,1H3/b20-3-. The van der Waals surface area contributed by atoms with Crippen LogP contribution in [-0.4, -0.2) is 19.5 Å². The Balaban J connectivity index is 1.20. The molecule has 0 bridgehead atoms. The maximum Gasteiger partial charge on any atom is 0.221 e. The van der Waals surface area contributed by atoms with Gasteiger partial charge in [0.25, 0.3) is 0 Å². The van der Waals surface area contributed by atoms with Gasteiger partial charge in [0.2, 0.25) is 5.95 Å². The largest absolute Gasteiger partial charge is 0.277 e. The predicted molar refractivity (Wildman–Crippen MR) is 246 cm³/mol. The molecule has 284 valence electrons. The van der Waals surface area contributed by atoms with Crippen molar-refractivity contribution in [3.05, 3.63) is 241 Å². The summed E-state index contributed by atoms with van der Waals surface area (Å²) in [5.74, 6) is 2.10. The molecule has 60 heavy (non-hydrogen) atoms. The van der Waals surface area contributed by atoms with E-state index in [1.54, 1.807) is 0 Å². The summed E-state index contributed by atoms with van der Waals surface area (Å²) in [6.45, 7) is 6.45. The van der Waals surface area contributed by atoms with E-state index < -0.39 is 5.41 Å². The van der Waals surface area contributed by atoms with E-state index in [0.717, 1.165) is 67.4 Å². The van der Waals surface area contributed by atoms with Gasteiger partial charge in [0.15, 0.2) is 5.82 Å². The smallest absolute Gasteiger partial charge is 0.221 e. The fourth-order valence-electron chi connectivity index (χ4n) is 9.45. The SMILES string of the molecule is C=CC1=C(/C=C\C)C(c2ccccc2)(c2ccccc2)c2cc(-c3cc(N4c5ccccc5-c5ccccc5-n5c4nc4ccccc45)nc(-c4ccccc4)n3)ccc21. The van der Waals surface area contributed by atoms with Crippen molar-refractivity contribution in [1.82, 2.24) is 19.5 Å². The zero-order valence-corrected chi connectivity index (χ0v) is 33.1. The van der Waals surface area contributed by atoms with Crippen LogP contribution >= 0.6 is 0 Å². The Bertz CT molecular complexity index is 3140. The van der Waals surface area contributed by atoms with Crippen LogP contribution < -0.4 is 4.90 Å². The van der Waals surface area contributed by atoms with Crippen LogP contribution in [0.5, 0.6) is 0 Å². The van der Waals surface area contributed by atoms with Gasteiger partial charge in [-0.05, 0) is 70.7 Å². The molecule has 7 aromatic carbocycles. The Kier molecular flexibility index (Phi) is 8.34. The molecule has 1 aliphatic carbocycles. The van der Waals surface area contributed by atoms with Gasteiger partial charge < -0.3 is 0 Å². The highest BCUT2D eigenvalue weighted by molar-refractivity contribution is 5.97. The topological polar surface area (TPSA) is 46.8 Å². The molecule has 0 fully saturated rings. The average Bonchev–Trinajstić information content (AvgIpc) is 3.79. The van der Waals surface area contributed by atoms with Crippen molar-refractivity contribution in [3.63, 3.8) is 0 Å². The highest BCUT2D eigenvalue weighted by Gasteiger charge is 2.46. The number of imidazole rings is 1. The van der Waals surface area contributed by atoms with Gasteiger partial charge in [0.1, 0.15) is 5.82 Å². The Morgan fingerprint density at radius 3 is 1.87 bits per heavy atom. The number of allylic oxidation sites excluding steroid dienone is 5. The van der Waals surface area contributed by atoms with Crippen LogP contribution in [0.25, 0.3) is 56.1 Å². The first kappa shape index (κ1) is 35.3. The molecule has 0 saturated carbocycles. The number of rotatable bonds is 7. The number of nitrogens with zero attached hydrogens (tertiary/aromatic N) is 5. The molecule has 0 radical (unpaired) electrons. The van der Waals surface area contributed by atoms with Crippen molar-refractivity contribution in [3.8, 4) is 39.5 Å². The number of aromatic nitrogens is 4. The van der Waals surface area contributed by atoms with Crippen LogP contribution in [0.2, 0.25) is 0 Å². The zero-order valence-electron chi connectivity index (χ0n) is 33.1. The van der Waals surface area contributed by atoms with Crippen LogP contribution in [0.4, 0.5) is 17.5 Å². The molecule has 0 saturated heterocycles. The molecule has 5 heteroatoms. The summed E-state index contributed by atoms with van der Waals surface area (Å²) in [7, 11) is 0. The maximum atomic E-state index is 5.41. The lowest BCUT2D eigenvalue weighted by atomic mass is 9.66. The molecule has 2 aliphatic rings. The lowest BCUT2D eigenvalue weighted by Crippen LogP contribution is -2.29. The molecular formula is C55H39N5. The fraction of sp³-hybridized carbons (Fsp3) is 0.0364. The van der Waals surface area contributed by atoms with Gasteiger partial charge in [-0.3, -0.25) is 9.47 Å². The molecule has 0 spiro atoms. The average molecular weight is 770 g/mol. The van der Waals surface area contributed by atoms with Crippen molar-refractivity contribution in [2.45, 2.75) is 12.3 Å². The van der Waals surface area contributed by atoms with Crippen LogP contribution in [0.1, 0.15) is 29.2 Å². The van der Waals surface area contributed by atoms with Crippen molar-refractivity contribution in [1.29, 1.82) is 0 Å². The van der Waals surface area contributed by atoms with Gasteiger partial charge in [-0.15, -0.1) is 0 Å². The molecule has 1 aliphatic heterocycles. The Morgan fingerprint density at radius 1 is 0.550 bits per heavy atom. The van der Waals surface area contributed by atoms with E-state index in [4.69, 9.17) is 15.0 Å². The van der Waals surface area contributed by atoms with Gasteiger partial charge in [-0.25, -0.2) is 15.0 Å². The Morgan fingerprint density at radius 2 is 1.17 bits per heavy atom. The Labute approximate surface area is 349 Å². The van der Waals surface area contributed by atoms with E-state index in [1.807, 2.05) is 30.3 Å². The second-order valence-corrected chi connectivity index (χ2v) is 15.2. The molecule has 11 rings (SSSR count). The number of hydrogen-bond donors (Lipinski definition) is 0. The van der Waals surface area contributed by atoms with Gasteiger partial charge in [0.05, 0.1) is 33.5 Å². The van der Waals surface area contributed by atoms with Gasteiger partial charge in [-0.2, -0.15) is 0 Å². The van der Waals surface area contributed by atoms with Gasteiger partial charge in [-0.1, -0.05) is 176 Å². The van der Waals surface area contributed by atoms with E-state index in [9.17, 15) is 0 Å². The number of benzene rings is 7. The quantitative estimate of drug-likeness (QED) is 0.162. The van der Waals surface area contributed by atoms with Crippen LogP contribution in [0, 0.1) is 0 Å². The minimum absolute atomic E-state index is 0.609. The highest BCUT2D eigenvalue weighted by atomic mass is 15.4. The van der Waals surface area contributed by atoms with Gasteiger partial charge >= 0.3 is 0 Å². The molecular weight excluding hydrogens is 731 g/mol. The first-order valence-corrected chi connectivity index (χ1v) is 20.4. The molecule has 3 heterocycles. The maximum absolute atomic E-state index is 5.41. The first-order valence-electron chi connectivity index (χ1n) is 20.4. The summed E-state index contributed by atoms with van der Waals surface area (Å²) in [4.78, 5) is 18.4. The third-order valence-corrected chi connectivity index (χ3v) is 12.0. The third kappa shape index (κ3) is 5.29. The van der Waals surface area contributed by atoms with Gasteiger partial charge in [0, 0.05) is 28.3 Å². The summed E-state index contributed by atoms with van der Waals surface area (Å²) in [6.07, 6.45) is 6.41. The second-order valence-electron chi connectivity index (χ2n) is 15.2. The van der Waals surface area contributed by atoms with Crippen molar-refractivity contribution in [2.75, 3.05) is 4.90 Å². The van der Waals surface area contributed by atoms with E-state index in [0.29, 0.717) is 11.6 Å². The lowest BCUT2D eigenvalue weighted by Gasteiger charge is -2.35. The highest BCUT2D eigenvalue weighted by Crippen LogP contribution is 2.56. The minimum Gasteiger partial charge on any atom is -0.277 e. The number of anilines is 3. The summed E-state index contributed by atoms with van der Waals surface area (Å²) >= 11 is 0. The molecule has 9 aromatic rings. The minimum atomic E-state index is -0.609. The normalized spacial score (nSPS) is 13.8. The number of hydrogen-bond acceptors (Lipinski definition) is 4. The molecule has 2 aromatic heterocycles. The van der Waals surface area contributed by atoms with Crippen molar-refractivity contribution in [2.24, 2.45) is 0 Å². The van der Waals surface area contributed by atoms with Crippen LogP contribution in [0.3, 0.4) is 0 Å². The second kappa shape index (κ2) is 14.2. The number of para-hydroxylation sites is 4. The molecule has 0 N–H and O–H groups in total. The van der Waals surface area contributed by atoms with E-state index in [1.165, 1.54) is 22.3 Å². The number of fused-ring (bicyclic) bond motifs is 8. The summed E-state index contributed by atoms with van der Waals surface area (Å²) in [6, 6.07) is 66.3. The molecule has 5 nitrogen and oxygen atoms in total. The monoisotopic (exact) mass is 769 g/mol. The summed E-state index contributed by atoms with van der Waals surface area (Å²) < 4.78 is 2.27. The van der Waals surface area contributed by atoms with Crippen LogP contribution in [-0.2, 0) is 5.41 Å².